The summed E-state index contributed by atoms with van der Waals surface area (Å²) in [7, 11) is 0. The Morgan fingerprint density at radius 2 is 1.74 bits per heavy atom. The van der Waals surface area contributed by atoms with Crippen LogP contribution in [-0.2, 0) is 10.2 Å². The third-order valence-corrected chi connectivity index (χ3v) is 4.52. The molecule has 0 spiro atoms. The van der Waals surface area contributed by atoms with Crippen LogP contribution in [-0.4, -0.2) is 11.9 Å². The van der Waals surface area contributed by atoms with Gasteiger partial charge in [-0.25, -0.2) is 4.39 Å². The lowest BCUT2D eigenvalue weighted by Crippen LogP contribution is -2.42. The number of hydrogen-bond acceptors (Lipinski definition) is 1. The summed E-state index contributed by atoms with van der Waals surface area (Å²) in [6.07, 6.45) is 7.70. The van der Waals surface area contributed by atoms with Crippen LogP contribution in [0.25, 0.3) is 0 Å². The lowest BCUT2D eigenvalue weighted by Gasteiger charge is -2.25. The van der Waals surface area contributed by atoms with Gasteiger partial charge >= 0.3 is 0 Å². The number of hydrogen-bond donors (Lipinski definition) is 1. The maximum atomic E-state index is 13.0. The van der Waals surface area contributed by atoms with E-state index in [2.05, 4.69) is 5.32 Å². The van der Waals surface area contributed by atoms with Gasteiger partial charge in [0.2, 0.25) is 5.91 Å². The van der Waals surface area contributed by atoms with Gasteiger partial charge in [0.15, 0.2) is 0 Å². The van der Waals surface area contributed by atoms with Crippen LogP contribution in [0, 0.1) is 5.82 Å². The van der Waals surface area contributed by atoms with E-state index in [0.717, 1.165) is 31.2 Å². The molecule has 0 heterocycles. The van der Waals surface area contributed by atoms with Gasteiger partial charge in [-0.05, 0) is 43.4 Å². The molecule has 2 saturated carbocycles. The lowest BCUT2D eigenvalue weighted by atomic mass is 9.92. The highest BCUT2D eigenvalue weighted by molar-refractivity contribution is 5.91. The van der Waals surface area contributed by atoms with Gasteiger partial charge in [0, 0.05) is 6.04 Å². The number of carbonyl (C=O) groups is 1. The maximum absolute atomic E-state index is 13.0. The third kappa shape index (κ3) is 2.51. The first-order valence-corrected chi connectivity index (χ1v) is 7.28. The molecule has 0 atom stereocenters. The minimum atomic E-state index is -0.370. The Morgan fingerprint density at radius 3 is 2.32 bits per heavy atom. The monoisotopic (exact) mass is 261 g/mol. The van der Waals surface area contributed by atoms with Crippen molar-refractivity contribution in [2.75, 3.05) is 0 Å². The van der Waals surface area contributed by atoms with E-state index in [1.165, 1.54) is 31.4 Å². The van der Waals surface area contributed by atoms with Crippen molar-refractivity contribution in [2.24, 2.45) is 0 Å². The van der Waals surface area contributed by atoms with Crippen molar-refractivity contribution in [1.29, 1.82) is 0 Å². The van der Waals surface area contributed by atoms with Crippen molar-refractivity contribution in [2.45, 2.75) is 56.4 Å². The Kier molecular flexibility index (Phi) is 3.29. The first-order valence-electron chi connectivity index (χ1n) is 7.28. The van der Waals surface area contributed by atoms with Crippen LogP contribution < -0.4 is 5.32 Å². The van der Waals surface area contributed by atoms with E-state index >= 15 is 0 Å². The van der Waals surface area contributed by atoms with E-state index in [0.29, 0.717) is 6.04 Å². The topological polar surface area (TPSA) is 29.1 Å². The minimum absolute atomic E-state index is 0.144. The molecule has 19 heavy (non-hydrogen) atoms. The normalized spacial score (nSPS) is 21.9. The number of rotatable bonds is 3. The predicted molar refractivity (Wildman–Crippen MR) is 72.3 cm³/mol. The number of nitrogens with one attached hydrogen (secondary N) is 1. The molecule has 1 aromatic carbocycles. The average molecular weight is 261 g/mol. The average Bonchev–Trinajstić information content (AvgIpc) is 3.22. The summed E-state index contributed by atoms with van der Waals surface area (Å²) in [5, 5.41) is 3.20. The minimum Gasteiger partial charge on any atom is -0.353 e. The molecule has 0 saturated heterocycles. The molecule has 2 aliphatic rings. The molecule has 2 nitrogen and oxygen atoms in total. The summed E-state index contributed by atoms with van der Waals surface area (Å²) in [5.74, 6) is -0.0988. The predicted octanol–water partition coefficient (Wildman–Crippen LogP) is 3.31. The van der Waals surface area contributed by atoms with Gasteiger partial charge in [-0.2, -0.15) is 0 Å². The molecule has 102 valence electrons. The smallest absolute Gasteiger partial charge is 0.230 e. The highest BCUT2D eigenvalue weighted by Crippen LogP contribution is 2.48. The molecule has 1 aromatic rings. The Labute approximate surface area is 113 Å². The molecular weight excluding hydrogens is 241 g/mol. The van der Waals surface area contributed by atoms with Gasteiger partial charge in [0.05, 0.1) is 5.41 Å². The van der Waals surface area contributed by atoms with Crippen molar-refractivity contribution >= 4 is 5.91 Å². The van der Waals surface area contributed by atoms with Gasteiger partial charge in [0.25, 0.3) is 0 Å². The van der Waals surface area contributed by atoms with Crippen molar-refractivity contribution < 1.29 is 9.18 Å². The number of carbonyl (C=O) groups excluding carboxylic acids is 1. The second kappa shape index (κ2) is 4.95. The second-order valence-corrected chi connectivity index (χ2v) is 5.90. The summed E-state index contributed by atoms with van der Waals surface area (Å²) in [6, 6.07) is 6.75. The largest absolute Gasteiger partial charge is 0.353 e. The Bertz CT molecular complexity index is 458. The summed E-state index contributed by atoms with van der Waals surface area (Å²) in [6.45, 7) is 0. The zero-order valence-electron chi connectivity index (χ0n) is 11.1. The quantitative estimate of drug-likeness (QED) is 0.888. The fraction of sp³-hybridized carbons (Fsp3) is 0.562. The maximum Gasteiger partial charge on any atom is 0.230 e. The second-order valence-electron chi connectivity index (χ2n) is 5.90. The van der Waals surface area contributed by atoms with Crippen molar-refractivity contribution in [3.8, 4) is 0 Å². The SMILES string of the molecule is O=C(NC1CCCCC1)C1(c2ccc(F)cc2)CC1. The Balaban J connectivity index is 1.70. The molecule has 1 amide bonds. The zero-order valence-corrected chi connectivity index (χ0v) is 11.1. The molecule has 1 N–H and O–H groups in total. The van der Waals surface area contributed by atoms with Gasteiger partial charge in [-0.15, -0.1) is 0 Å². The van der Waals surface area contributed by atoms with Gasteiger partial charge in [0.1, 0.15) is 5.82 Å². The van der Waals surface area contributed by atoms with E-state index in [4.69, 9.17) is 0 Å². The highest BCUT2D eigenvalue weighted by Gasteiger charge is 2.51. The van der Waals surface area contributed by atoms with Crippen LogP contribution in [0.1, 0.15) is 50.5 Å². The molecular formula is C16H20FNO. The molecule has 2 fully saturated rings. The summed E-state index contributed by atoms with van der Waals surface area (Å²) >= 11 is 0. The van der Waals surface area contributed by atoms with Crippen LogP contribution in [0.4, 0.5) is 4.39 Å². The molecule has 3 rings (SSSR count). The van der Waals surface area contributed by atoms with E-state index in [-0.39, 0.29) is 17.1 Å². The zero-order chi connectivity index (χ0) is 13.3. The first-order chi connectivity index (χ1) is 9.21. The van der Waals surface area contributed by atoms with Crippen molar-refractivity contribution in [1.82, 2.24) is 5.32 Å². The molecule has 0 aromatic heterocycles. The van der Waals surface area contributed by atoms with E-state index in [1.807, 2.05) is 0 Å². The summed E-state index contributed by atoms with van der Waals surface area (Å²) in [5.41, 5.74) is 0.590. The van der Waals surface area contributed by atoms with E-state index in [1.54, 1.807) is 12.1 Å². The Hall–Kier alpha value is -1.38. The Morgan fingerprint density at radius 1 is 1.11 bits per heavy atom. The molecule has 0 unspecified atom stereocenters. The number of amides is 1. The van der Waals surface area contributed by atoms with Gasteiger partial charge in [-0.1, -0.05) is 31.4 Å². The molecule has 0 radical (unpaired) electrons. The fourth-order valence-electron chi connectivity index (χ4n) is 3.11. The number of benzene rings is 1. The van der Waals surface area contributed by atoms with Crippen LogP contribution in [0.3, 0.4) is 0 Å². The van der Waals surface area contributed by atoms with Crippen molar-refractivity contribution in [3.63, 3.8) is 0 Å². The van der Waals surface area contributed by atoms with Gasteiger partial charge in [-0.3, -0.25) is 4.79 Å². The highest BCUT2D eigenvalue weighted by atomic mass is 19.1. The fourth-order valence-corrected chi connectivity index (χ4v) is 3.11. The van der Waals surface area contributed by atoms with E-state index < -0.39 is 0 Å². The number of halogens is 1. The third-order valence-electron chi connectivity index (χ3n) is 4.52. The van der Waals surface area contributed by atoms with E-state index in [9.17, 15) is 9.18 Å². The molecule has 2 aliphatic carbocycles. The molecule has 0 aliphatic heterocycles. The van der Waals surface area contributed by atoms with Crippen LogP contribution in [0.5, 0.6) is 0 Å². The molecule has 0 bridgehead atoms. The van der Waals surface area contributed by atoms with Crippen LogP contribution in [0.15, 0.2) is 24.3 Å². The lowest BCUT2D eigenvalue weighted by molar-refractivity contribution is -0.124. The summed E-state index contributed by atoms with van der Waals surface area (Å²) < 4.78 is 13.0. The van der Waals surface area contributed by atoms with Gasteiger partial charge < -0.3 is 5.32 Å². The molecule has 3 heteroatoms. The summed E-state index contributed by atoms with van der Waals surface area (Å²) in [4.78, 5) is 12.5. The van der Waals surface area contributed by atoms with Crippen LogP contribution in [0.2, 0.25) is 0 Å². The standard InChI is InChI=1S/C16H20FNO/c17-13-8-6-12(7-9-13)16(10-11-16)15(19)18-14-4-2-1-3-5-14/h6-9,14H,1-5,10-11H2,(H,18,19). The van der Waals surface area contributed by atoms with Crippen molar-refractivity contribution in [3.05, 3.63) is 35.6 Å². The van der Waals surface area contributed by atoms with Crippen LogP contribution >= 0.6 is 0 Å². The first kappa shape index (κ1) is 12.6.